The van der Waals surface area contributed by atoms with Crippen LogP contribution in [0, 0.1) is 12.8 Å². The van der Waals surface area contributed by atoms with Gasteiger partial charge in [0.2, 0.25) is 0 Å². The summed E-state index contributed by atoms with van der Waals surface area (Å²) in [6.07, 6.45) is 9.70. The topological polar surface area (TPSA) is 46.5 Å². The molecular formula is C13H16N4. The maximum absolute atomic E-state index is 4.45. The molecule has 0 amide bonds. The van der Waals surface area contributed by atoms with Gasteiger partial charge in [-0.15, -0.1) is 0 Å². The minimum absolute atomic E-state index is 0.656. The van der Waals surface area contributed by atoms with Crippen molar-refractivity contribution in [3.8, 4) is 0 Å². The van der Waals surface area contributed by atoms with Crippen LogP contribution in [0.15, 0.2) is 30.0 Å². The molecule has 0 saturated heterocycles. The summed E-state index contributed by atoms with van der Waals surface area (Å²) in [5.74, 6) is 1.59. The number of imidazole rings is 1. The number of nitrogens with one attached hydrogen (secondary N) is 1. The highest BCUT2D eigenvalue weighted by Gasteiger charge is 2.09. The summed E-state index contributed by atoms with van der Waals surface area (Å²) >= 11 is 0. The SMILES string of the molecule is Cc1nc2c(cnn2CC2=CCC(C)C=C2)[nH]1. The van der Waals surface area contributed by atoms with Crippen molar-refractivity contribution >= 4 is 11.2 Å². The molecule has 0 aromatic carbocycles. The van der Waals surface area contributed by atoms with E-state index < -0.39 is 0 Å². The summed E-state index contributed by atoms with van der Waals surface area (Å²) in [7, 11) is 0. The van der Waals surface area contributed by atoms with Gasteiger partial charge < -0.3 is 4.98 Å². The van der Waals surface area contributed by atoms with E-state index in [2.05, 4.69) is 40.2 Å². The molecule has 1 aliphatic carbocycles. The molecule has 2 heterocycles. The van der Waals surface area contributed by atoms with Crippen LogP contribution in [0.3, 0.4) is 0 Å². The van der Waals surface area contributed by atoms with Crippen LogP contribution < -0.4 is 0 Å². The molecule has 2 aromatic rings. The van der Waals surface area contributed by atoms with Gasteiger partial charge in [0.05, 0.1) is 12.7 Å². The first-order valence-electron chi connectivity index (χ1n) is 5.98. The van der Waals surface area contributed by atoms with E-state index >= 15 is 0 Å². The Labute approximate surface area is 100 Å². The van der Waals surface area contributed by atoms with Crippen LogP contribution in [0.1, 0.15) is 19.2 Å². The number of fused-ring (bicyclic) bond motifs is 1. The van der Waals surface area contributed by atoms with Crippen LogP contribution in [0.2, 0.25) is 0 Å². The Morgan fingerprint density at radius 1 is 1.53 bits per heavy atom. The first-order chi connectivity index (χ1) is 8.22. The maximum atomic E-state index is 4.45. The Kier molecular flexibility index (Phi) is 2.35. The molecule has 3 rings (SSSR count). The third-order valence-electron chi connectivity index (χ3n) is 3.12. The van der Waals surface area contributed by atoms with Gasteiger partial charge in [-0.05, 0) is 24.8 Å². The molecule has 1 N–H and O–H groups in total. The number of aryl methyl sites for hydroxylation is 1. The van der Waals surface area contributed by atoms with Crippen molar-refractivity contribution in [3.05, 3.63) is 35.8 Å². The molecule has 0 fully saturated rings. The summed E-state index contributed by atoms with van der Waals surface area (Å²) in [5.41, 5.74) is 3.26. The van der Waals surface area contributed by atoms with Crippen molar-refractivity contribution in [2.45, 2.75) is 26.8 Å². The molecule has 4 heteroatoms. The number of allylic oxidation sites excluding steroid dienone is 4. The van der Waals surface area contributed by atoms with Gasteiger partial charge >= 0.3 is 0 Å². The smallest absolute Gasteiger partial charge is 0.176 e. The average Bonchev–Trinajstić information content (AvgIpc) is 2.83. The van der Waals surface area contributed by atoms with Crippen LogP contribution in [0.5, 0.6) is 0 Å². The van der Waals surface area contributed by atoms with Crippen LogP contribution >= 0.6 is 0 Å². The summed E-state index contributed by atoms with van der Waals surface area (Å²) in [5, 5.41) is 4.36. The van der Waals surface area contributed by atoms with Gasteiger partial charge in [-0.1, -0.05) is 25.2 Å². The lowest BCUT2D eigenvalue weighted by atomic mass is 9.99. The van der Waals surface area contributed by atoms with Crippen LogP contribution in [0.4, 0.5) is 0 Å². The lowest BCUT2D eigenvalue weighted by Crippen LogP contribution is -2.05. The molecule has 0 bridgehead atoms. The molecule has 1 atom stereocenters. The molecule has 0 saturated carbocycles. The van der Waals surface area contributed by atoms with E-state index in [0.717, 1.165) is 30.0 Å². The quantitative estimate of drug-likeness (QED) is 0.858. The molecule has 4 nitrogen and oxygen atoms in total. The first kappa shape index (κ1) is 10.3. The summed E-state index contributed by atoms with van der Waals surface area (Å²) in [6.45, 7) is 5.00. The highest BCUT2D eigenvalue weighted by Crippen LogP contribution is 2.18. The van der Waals surface area contributed by atoms with Crippen molar-refractivity contribution in [2.75, 3.05) is 0 Å². The first-order valence-corrected chi connectivity index (χ1v) is 5.98. The molecule has 0 aliphatic heterocycles. The van der Waals surface area contributed by atoms with E-state index in [1.165, 1.54) is 5.57 Å². The van der Waals surface area contributed by atoms with Crippen molar-refractivity contribution < 1.29 is 0 Å². The number of hydrogen-bond donors (Lipinski definition) is 1. The lowest BCUT2D eigenvalue weighted by molar-refractivity contribution is 0.675. The zero-order chi connectivity index (χ0) is 11.8. The maximum Gasteiger partial charge on any atom is 0.176 e. The number of aromatic nitrogens is 4. The summed E-state index contributed by atoms with van der Waals surface area (Å²) in [6, 6.07) is 0. The summed E-state index contributed by atoms with van der Waals surface area (Å²) in [4.78, 5) is 7.64. The van der Waals surface area contributed by atoms with Crippen LogP contribution in [-0.2, 0) is 6.54 Å². The van der Waals surface area contributed by atoms with Gasteiger partial charge in [-0.25, -0.2) is 9.67 Å². The van der Waals surface area contributed by atoms with E-state index in [-0.39, 0.29) is 0 Å². The van der Waals surface area contributed by atoms with Crippen LogP contribution in [-0.4, -0.2) is 19.7 Å². The second-order valence-corrected chi connectivity index (χ2v) is 4.71. The second kappa shape index (κ2) is 3.87. The highest BCUT2D eigenvalue weighted by atomic mass is 15.3. The summed E-state index contributed by atoms with van der Waals surface area (Å²) < 4.78 is 1.95. The number of hydrogen-bond acceptors (Lipinski definition) is 2. The molecule has 17 heavy (non-hydrogen) atoms. The fourth-order valence-electron chi connectivity index (χ4n) is 2.14. The fraction of sp³-hybridized carbons (Fsp3) is 0.385. The Morgan fingerprint density at radius 3 is 3.18 bits per heavy atom. The second-order valence-electron chi connectivity index (χ2n) is 4.71. The van der Waals surface area contributed by atoms with Gasteiger partial charge in [0, 0.05) is 0 Å². The monoisotopic (exact) mass is 228 g/mol. The van der Waals surface area contributed by atoms with E-state index in [0.29, 0.717) is 5.92 Å². The Morgan fingerprint density at radius 2 is 2.41 bits per heavy atom. The van der Waals surface area contributed by atoms with E-state index in [9.17, 15) is 0 Å². The number of rotatable bonds is 2. The van der Waals surface area contributed by atoms with E-state index in [1.54, 1.807) is 0 Å². The normalized spacial score (nSPS) is 19.9. The molecule has 0 radical (unpaired) electrons. The molecule has 88 valence electrons. The Bertz CT molecular complexity index is 600. The van der Waals surface area contributed by atoms with Gasteiger partial charge in [0.1, 0.15) is 11.3 Å². The standard InChI is InChI=1S/C13H16N4/c1-9-3-5-11(6-4-9)8-17-13-12(7-14-17)15-10(2)16-13/h3,5-7,9H,4,8H2,1-2H3,(H,15,16). The third-order valence-corrected chi connectivity index (χ3v) is 3.12. The molecule has 0 spiro atoms. The predicted octanol–water partition coefficient (Wildman–Crippen LogP) is 2.59. The number of aromatic amines is 1. The average molecular weight is 228 g/mol. The highest BCUT2D eigenvalue weighted by molar-refractivity contribution is 5.70. The number of H-pyrrole nitrogens is 1. The van der Waals surface area contributed by atoms with Crippen molar-refractivity contribution in [1.82, 2.24) is 19.7 Å². The van der Waals surface area contributed by atoms with E-state index in [1.807, 2.05) is 17.8 Å². The van der Waals surface area contributed by atoms with E-state index in [4.69, 9.17) is 0 Å². The van der Waals surface area contributed by atoms with Crippen molar-refractivity contribution in [3.63, 3.8) is 0 Å². The third kappa shape index (κ3) is 1.90. The molecule has 1 aliphatic rings. The zero-order valence-electron chi connectivity index (χ0n) is 10.1. The minimum Gasteiger partial charge on any atom is -0.340 e. The Balaban J connectivity index is 1.88. The van der Waals surface area contributed by atoms with Crippen LogP contribution in [0.25, 0.3) is 11.2 Å². The lowest BCUT2D eigenvalue weighted by Gasteiger charge is -2.11. The molecule has 1 unspecified atom stereocenters. The Hall–Kier alpha value is -1.84. The fourth-order valence-corrected chi connectivity index (χ4v) is 2.14. The predicted molar refractivity (Wildman–Crippen MR) is 67.6 cm³/mol. The molecule has 2 aromatic heterocycles. The van der Waals surface area contributed by atoms with Gasteiger partial charge in [0.25, 0.3) is 0 Å². The minimum atomic E-state index is 0.656. The van der Waals surface area contributed by atoms with Gasteiger partial charge in [-0.2, -0.15) is 5.10 Å². The van der Waals surface area contributed by atoms with Gasteiger partial charge in [-0.3, -0.25) is 0 Å². The van der Waals surface area contributed by atoms with Crippen molar-refractivity contribution in [2.24, 2.45) is 5.92 Å². The number of nitrogens with zero attached hydrogens (tertiary/aromatic N) is 3. The zero-order valence-corrected chi connectivity index (χ0v) is 10.1. The molecular weight excluding hydrogens is 212 g/mol. The largest absolute Gasteiger partial charge is 0.340 e. The van der Waals surface area contributed by atoms with Crippen molar-refractivity contribution in [1.29, 1.82) is 0 Å². The van der Waals surface area contributed by atoms with Gasteiger partial charge in [0.15, 0.2) is 5.65 Å².